The summed E-state index contributed by atoms with van der Waals surface area (Å²) in [5, 5.41) is 11.2. The van der Waals surface area contributed by atoms with Gasteiger partial charge in [-0.1, -0.05) is 20.8 Å². The summed E-state index contributed by atoms with van der Waals surface area (Å²) in [5.74, 6) is 1.95. The Morgan fingerprint density at radius 1 is 1.14 bits per heavy atom. The number of aromatic nitrogens is 2. The average Bonchev–Trinajstić information content (AvgIpc) is 2.31. The topological polar surface area (TPSA) is 110 Å². The quantitative estimate of drug-likeness (QED) is 0.728. The molecule has 1 heterocycles. The second-order valence-corrected chi connectivity index (χ2v) is 7.68. The Hall–Kier alpha value is -1.41. The Kier molecular flexibility index (Phi) is 5.52. The molecule has 0 aliphatic carbocycles. The summed E-state index contributed by atoms with van der Waals surface area (Å²) in [4.78, 5) is 9.05. The van der Waals surface area contributed by atoms with Crippen LogP contribution in [0.5, 0.6) is 0 Å². The van der Waals surface area contributed by atoms with Crippen molar-refractivity contribution in [1.29, 1.82) is 0 Å². The standard InChI is InChI=1S/C13H25N5O2S/c1-6-15-10-9(2)11(16-7-8-21(14,19)20)18-12(17-10)13(3,4)5/h6-8H2,1-5H3,(H2,14,19,20)(H2,15,16,17,18). The van der Waals surface area contributed by atoms with E-state index in [9.17, 15) is 8.42 Å². The van der Waals surface area contributed by atoms with E-state index in [1.54, 1.807) is 0 Å². The number of nitrogens with two attached hydrogens (primary N) is 1. The number of hydrogen-bond acceptors (Lipinski definition) is 6. The van der Waals surface area contributed by atoms with Crippen molar-refractivity contribution in [3.05, 3.63) is 11.4 Å². The third kappa shape index (κ3) is 5.47. The van der Waals surface area contributed by atoms with E-state index in [2.05, 4.69) is 20.6 Å². The smallest absolute Gasteiger partial charge is 0.210 e. The van der Waals surface area contributed by atoms with Crippen molar-refractivity contribution < 1.29 is 8.42 Å². The Balaban J connectivity index is 3.08. The van der Waals surface area contributed by atoms with Gasteiger partial charge >= 0.3 is 0 Å². The van der Waals surface area contributed by atoms with Gasteiger partial charge in [0.15, 0.2) is 0 Å². The molecule has 0 saturated carbocycles. The van der Waals surface area contributed by atoms with Gasteiger partial charge in [-0.3, -0.25) is 0 Å². The molecular weight excluding hydrogens is 290 g/mol. The lowest BCUT2D eigenvalue weighted by atomic mass is 9.95. The van der Waals surface area contributed by atoms with E-state index < -0.39 is 10.0 Å². The molecule has 0 aromatic carbocycles. The van der Waals surface area contributed by atoms with Crippen LogP contribution in [0.25, 0.3) is 0 Å². The first-order chi connectivity index (χ1) is 9.54. The van der Waals surface area contributed by atoms with Gasteiger partial charge in [0.1, 0.15) is 17.5 Å². The highest BCUT2D eigenvalue weighted by Gasteiger charge is 2.21. The number of hydrogen-bond donors (Lipinski definition) is 3. The van der Waals surface area contributed by atoms with Crippen molar-refractivity contribution in [2.75, 3.05) is 29.5 Å². The maximum atomic E-state index is 11.0. The number of nitrogens with one attached hydrogen (secondary N) is 2. The fourth-order valence-electron chi connectivity index (χ4n) is 1.68. The van der Waals surface area contributed by atoms with Crippen LogP contribution in [0.2, 0.25) is 0 Å². The molecule has 1 rings (SSSR count). The molecule has 21 heavy (non-hydrogen) atoms. The minimum absolute atomic E-state index is 0.141. The summed E-state index contributed by atoms with van der Waals surface area (Å²) in [6, 6.07) is 0. The number of anilines is 2. The monoisotopic (exact) mass is 315 g/mol. The molecule has 0 radical (unpaired) electrons. The zero-order chi connectivity index (χ0) is 16.3. The van der Waals surface area contributed by atoms with Gasteiger partial charge < -0.3 is 10.6 Å². The highest BCUT2D eigenvalue weighted by atomic mass is 32.2. The van der Waals surface area contributed by atoms with Gasteiger partial charge in [0, 0.05) is 24.1 Å². The lowest BCUT2D eigenvalue weighted by molar-refractivity contribution is 0.546. The fourth-order valence-corrected chi connectivity index (χ4v) is 2.06. The maximum absolute atomic E-state index is 11.0. The van der Waals surface area contributed by atoms with Crippen molar-refractivity contribution in [1.82, 2.24) is 9.97 Å². The Morgan fingerprint density at radius 2 is 1.67 bits per heavy atom. The number of rotatable bonds is 6. The van der Waals surface area contributed by atoms with Gasteiger partial charge in [-0.15, -0.1) is 0 Å². The first-order valence-electron chi connectivity index (χ1n) is 6.92. The number of nitrogens with zero attached hydrogens (tertiary/aromatic N) is 2. The third-order valence-electron chi connectivity index (χ3n) is 2.84. The zero-order valence-electron chi connectivity index (χ0n) is 13.3. The van der Waals surface area contributed by atoms with Crippen LogP contribution in [0.4, 0.5) is 11.6 Å². The lowest BCUT2D eigenvalue weighted by Crippen LogP contribution is -2.24. The molecule has 1 aromatic heterocycles. The Morgan fingerprint density at radius 3 is 2.10 bits per heavy atom. The summed E-state index contributed by atoms with van der Waals surface area (Å²) in [7, 11) is -3.49. The second-order valence-electron chi connectivity index (χ2n) is 5.94. The van der Waals surface area contributed by atoms with E-state index in [1.165, 1.54) is 0 Å². The van der Waals surface area contributed by atoms with Crippen LogP contribution in [0.15, 0.2) is 0 Å². The van der Waals surface area contributed by atoms with Crippen molar-refractivity contribution in [3.63, 3.8) is 0 Å². The first kappa shape index (κ1) is 17.6. The van der Waals surface area contributed by atoms with Crippen molar-refractivity contribution >= 4 is 21.7 Å². The zero-order valence-corrected chi connectivity index (χ0v) is 14.1. The van der Waals surface area contributed by atoms with Gasteiger partial charge in [0.2, 0.25) is 10.0 Å². The van der Waals surface area contributed by atoms with E-state index in [1.807, 2.05) is 34.6 Å². The van der Waals surface area contributed by atoms with Crippen molar-refractivity contribution in [2.24, 2.45) is 5.14 Å². The van der Waals surface area contributed by atoms with Gasteiger partial charge in [0.05, 0.1) is 5.75 Å². The second kappa shape index (κ2) is 6.57. The summed E-state index contributed by atoms with van der Waals surface area (Å²) in [6.45, 7) is 10.9. The molecule has 4 N–H and O–H groups in total. The normalized spacial score (nSPS) is 12.3. The van der Waals surface area contributed by atoms with Crippen molar-refractivity contribution in [3.8, 4) is 0 Å². The van der Waals surface area contributed by atoms with Crippen LogP contribution < -0.4 is 15.8 Å². The van der Waals surface area contributed by atoms with E-state index in [-0.39, 0.29) is 17.7 Å². The Bertz CT molecular complexity index is 593. The fraction of sp³-hybridized carbons (Fsp3) is 0.692. The summed E-state index contributed by atoms with van der Waals surface area (Å²) in [6.07, 6.45) is 0. The van der Waals surface area contributed by atoms with Crippen molar-refractivity contribution in [2.45, 2.75) is 40.0 Å². The molecule has 0 atom stereocenters. The molecule has 120 valence electrons. The average molecular weight is 315 g/mol. The molecule has 0 amide bonds. The molecule has 0 saturated heterocycles. The highest BCUT2D eigenvalue weighted by molar-refractivity contribution is 7.89. The van der Waals surface area contributed by atoms with Crippen LogP contribution in [-0.2, 0) is 15.4 Å². The highest BCUT2D eigenvalue weighted by Crippen LogP contribution is 2.26. The van der Waals surface area contributed by atoms with Crippen LogP contribution in [0.3, 0.4) is 0 Å². The van der Waals surface area contributed by atoms with Crippen LogP contribution >= 0.6 is 0 Å². The van der Waals surface area contributed by atoms with E-state index >= 15 is 0 Å². The summed E-state index contributed by atoms with van der Waals surface area (Å²) < 4.78 is 22.0. The molecular formula is C13H25N5O2S. The molecule has 7 nitrogen and oxygen atoms in total. The number of primary sulfonamides is 1. The minimum atomic E-state index is -3.49. The summed E-state index contributed by atoms with van der Waals surface area (Å²) >= 11 is 0. The van der Waals surface area contributed by atoms with Crippen LogP contribution in [0, 0.1) is 6.92 Å². The predicted molar refractivity (Wildman–Crippen MR) is 86.1 cm³/mol. The Labute approximate surface area is 126 Å². The molecule has 8 heteroatoms. The minimum Gasteiger partial charge on any atom is -0.370 e. The van der Waals surface area contributed by atoms with E-state index in [4.69, 9.17) is 5.14 Å². The third-order valence-corrected chi connectivity index (χ3v) is 3.61. The molecule has 0 spiro atoms. The number of sulfonamides is 1. The molecule has 0 bridgehead atoms. The van der Waals surface area contributed by atoms with Gasteiger partial charge in [-0.25, -0.2) is 23.5 Å². The maximum Gasteiger partial charge on any atom is 0.210 e. The summed E-state index contributed by atoms with van der Waals surface area (Å²) in [5.41, 5.74) is 0.660. The van der Waals surface area contributed by atoms with Gasteiger partial charge in [-0.2, -0.15) is 0 Å². The van der Waals surface area contributed by atoms with E-state index in [0.29, 0.717) is 11.6 Å². The molecule has 0 unspecified atom stereocenters. The van der Waals surface area contributed by atoms with Gasteiger partial charge in [0.25, 0.3) is 0 Å². The lowest BCUT2D eigenvalue weighted by Gasteiger charge is -2.21. The predicted octanol–water partition coefficient (Wildman–Crippen LogP) is 1.21. The molecule has 0 aliphatic heterocycles. The SMILES string of the molecule is CCNc1nc(C(C)(C)C)nc(NCCS(N)(=O)=O)c1C. The molecule has 0 fully saturated rings. The van der Waals surface area contributed by atoms with Gasteiger partial charge in [-0.05, 0) is 13.8 Å². The van der Waals surface area contributed by atoms with E-state index in [0.717, 1.165) is 17.9 Å². The largest absolute Gasteiger partial charge is 0.370 e. The van der Waals surface area contributed by atoms with Crippen LogP contribution in [-0.4, -0.2) is 37.2 Å². The molecule has 1 aromatic rings. The molecule has 0 aliphatic rings. The first-order valence-corrected chi connectivity index (χ1v) is 8.63. The van der Waals surface area contributed by atoms with Crippen LogP contribution in [0.1, 0.15) is 39.1 Å².